The Balaban J connectivity index is 2.12. The molecule has 0 aromatic carbocycles. The summed E-state index contributed by atoms with van der Waals surface area (Å²) in [5.74, 6) is 0. The van der Waals surface area contributed by atoms with Crippen LogP contribution in [-0.2, 0) is 15.0 Å². The number of ether oxygens (including phenoxy) is 1. The summed E-state index contributed by atoms with van der Waals surface area (Å²) in [4.78, 5) is 3.65. The lowest BCUT2D eigenvalue weighted by Crippen LogP contribution is -2.20. The third-order valence-electron chi connectivity index (χ3n) is 3.52. The van der Waals surface area contributed by atoms with Crippen LogP contribution in [0.3, 0.4) is 0 Å². The van der Waals surface area contributed by atoms with Crippen LogP contribution >= 0.6 is 0 Å². The first-order chi connectivity index (χ1) is 9.47. The lowest BCUT2D eigenvalue weighted by atomic mass is 10.1. The van der Waals surface area contributed by atoms with Crippen LogP contribution in [0, 0.1) is 6.92 Å². The number of aryl methyl sites for hydroxylation is 1. The second-order valence-corrected chi connectivity index (χ2v) is 6.20. The average molecular weight is 299 g/mol. The molecular weight excluding hydrogens is 285 g/mol. The van der Waals surface area contributed by atoms with Gasteiger partial charge in [-0.05, 0) is 25.8 Å². The van der Waals surface area contributed by atoms with Crippen molar-refractivity contribution in [2.24, 2.45) is 0 Å². The fourth-order valence-electron chi connectivity index (χ4n) is 2.47. The lowest BCUT2D eigenvalue weighted by molar-refractivity contribution is 0.0672. The Hall–Kier alpha value is -1.54. The quantitative estimate of drug-likeness (QED) is 0.790. The Labute approximate surface area is 115 Å². The van der Waals surface area contributed by atoms with Gasteiger partial charge in [0.1, 0.15) is 4.90 Å². The van der Waals surface area contributed by atoms with Crippen molar-refractivity contribution in [1.82, 2.24) is 14.8 Å². The first-order valence-electron chi connectivity index (χ1n) is 6.34. The van der Waals surface area contributed by atoms with E-state index in [2.05, 4.69) is 10.1 Å². The van der Waals surface area contributed by atoms with Crippen molar-refractivity contribution in [3.8, 4) is 0 Å². The maximum absolute atomic E-state index is 13.0. The van der Waals surface area contributed by atoms with Gasteiger partial charge in [0.25, 0.3) is 0 Å². The summed E-state index contributed by atoms with van der Waals surface area (Å²) in [7, 11) is -4.75. The Bertz CT molecular complexity index is 751. The molecule has 2 aromatic rings. The highest BCUT2D eigenvalue weighted by Crippen LogP contribution is 2.27. The standard InChI is InChI=1S/C12H14FN3O3S/c1-8-11-6-10(20(13,17)18)7-14-12(11)16(15-8)9-2-4-19-5-3-9/h6-7,9H,2-5H2,1H3. The van der Waals surface area contributed by atoms with Gasteiger partial charge in [0.15, 0.2) is 5.65 Å². The topological polar surface area (TPSA) is 74.1 Å². The Morgan fingerprint density at radius 1 is 1.40 bits per heavy atom. The first-order valence-corrected chi connectivity index (χ1v) is 7.72. The summed E-state index contributed by atoms with van der Waals surface area (Å²) < 4.78 is 42.0. The third kappa shape index (κ3) is 2.29. The molecule has 20 heavy (non-hydrogen) atoms. The molecule has 0 amide bonds. The lowest BCUT2D eigenvalue weighted by Gasteiger charge is -2.22. The molecule has 8 heteroatoms. The van der Waals surface area contributed by atoms with E-state index in [1.165, 1.54) is 6.07 Å². The SMILES string of the molecule is Cc1nn(C2CCOCC2)c2ncc(S(=O)(=O)F)cc12. The molecule has 1 aliphatic heterocycles. The molecule has 108 valence electrons. The van der Waals surface area contributed by atoms with Crippen molar-refractivity contribution in [2.45, 2.75) is 30.7 Å². The molecule has 0 radical (unpaired) electrons. The number of hydrogen-bond donors (Lipinski definition) is 0. The van der Waals surface area contributed by atoms with E-state index in [0.29, 0.717) is 29.9 Å². The van der Waals surface area contributed by atoms with Gasteiger partial charge in [0.05, 0.1) is 17.9 Å². The van der Waals surface area contributed by atoms with Gasteiger partial charge >= 0.3 is 10.2 Å². The minimum Gasteiger partial charge on any atom is -0.381 e. The van der Waals surface area contributed by atoms with E-state index in [0.717, 1.165) is 19.0 Å². The highest BCUT2D eigenvalue weighted by atomic mass is 32.3. The zero-order valence-electron chi connectivity index (χ0n) is 10.9. The summed E-state index contributed by atoms with van der Waals surface area (Å²) in [6, 6.07) is 1.47. The van der Waals surface area contributed by atoms with Crippen LogP contribution in [0.5, 0.6) is 0 Å². The van der Waals surface area contributed by atoms with Gasteiger partial charge in [-0.3, -0.25) is 0 Å². The van der Waals surface area contributed by atoms with Crippen molar-refractivity contribution >= 4 is 21.3 Å². The molecule has 0 aliphatic carbocycles. The zero-order chi connectivity index (χ0) is 14.3. The molecule has 6 nitrogen and oxygen atoms in total. The molecule has 1 saturated heterocycles. The van der Waals surface area contributed by atoms with Crippen LogP contribution in [0.4, 0.5) is 3.89 Å². The summed E-state index contributed by atoms with van der Waals surface area (Å²) in [6.45, 7) is 3.10. The molecule has 2 aromatic heterocycles. The van der Waals surface area contributed by atoms with Crippen LogP contribution in [0.25, 0.3) is 11.0 Å². The molecule has 0 atom stereocenters. The van der Waals surface area contributed by atoms with Crippen LogP contribution in [-0.4, -0.2) is 36.4 Å². The van der Waals surface area contributed by atoms with Gasteiger partial charge in [0, 0.05) is 18.6 Å². The highest BCUT2D eigenvalue weighted by Gasteiger charge is 2.22. The zero-order valence-corrected chi connectivity index (χ0v) is 11.7. The van der Waals surface area contributed by atoms with Gasteiger partial charge < -0.3 is 4.74 Å². The summed E-state index contributed by atoms with van der Waals surface area (Å²) >= 11 is 0. The molecular formula is C12H14FN3O3S. The molecule has 1 fully saturated rings. The number of pyridine rings is 1. The van der Waals surface area contributed by atoms with Crippen LogP contribution < -0.4 is 0 Å². The van der Waals surface area contributed by atoms with E-state index in [-0.39, 0.29) is 6.04 Å². The summed E-state index contributed by atoms with van der Waals surface area (Å²) in [5, 5.41) is 4.98. The van der Waals surface area contributed by atoms with Crippen LogP contribution in [0.2, 0.25) is 0 Å². The maximum Gasteiger partial charge on any atom is 0.333 e. The van der Waals surface area contributed by atoms with Crippen LogP contribution in [0.1, 0.15) is 24.6 Å². The van der Waals surface area contributed by atoms with Gasteiger partial charge in [-0.2, -0.15) is 13.5 Å². The Morgan fingerprint density at radius 3 is 2.75 bits per heavy atom. The second-order valence-electron chi connectivity index (χ2n) is 4.85. The second kappa shape index (κ2) is 4.78. The number of nitrogens with zero attached hydrogens (tertiary/aromatic N) is 3. The van der Waals surface area contributed by atoms with Crippen molar-refractivity contribution in [3.63, 3.8) is 0 Å². The minimum absolute atomic E-state index is 0.181. The van der Waals surface area contributed by atoms with Crippen molar-refractivity contribution < 1.29 is 17.0 Å². The fraction of sp³-hybridized carbons (Fsp3) is 0.500. The van der Waals surface area contributed by atoms with Gasteiger partial charge in [-0.15, -0.1) is 3.89 Å². The molecule has 0 spiro atoms. The third-order valence-corrected chi connectivity index (χ3v) is 4.31. The molecule has 1 aliphatic rings. The number of aromatic nitrogens is 3. The van der Waals surface area contributed by atoms with Crippen LogP contribution in [0.15, 0.2) is 17.2 Å². The average Bonchev–Trinajstić information content (AvgIpc) is 2.76. The maximum atomic E-state index is 13.0. The Kier molecular flexibility index (Phi) is 3.21. The summed E-state index contributed by atoms with van der Waals surface area (Å²) in [6.07, 6.45) is 2.71. The molecule has 3 heterocycles. The van der Waals surface area contributed by atoms with E-state index < -0.39 is 15.1 Å². The monoisotopic (exact) mass is 299 g/mol. The normalized spacial score (nSPS) is 17.7. The molecule has 0 bridgehead atoms. The summed E-state index contributed by atoms with van der Waals surface area (Å²) in [5.41, 5.74) is 1.23. The Morgan fingerprint density at radius 2 is 2.10 bits per heavy atom. The van der Waals surface area contributed by atoms with E-state index in [1.807, 2.05) is 0 Å². The highest BCUT2D eigenvalue weighted by molar-refractivity contribution is 7.86. The molecule has 0 unspecified atom stereocenters. The number of halogens is 1. The van der Waals surface area contributed by atoms with Crippen molar-refractivity contribution in [3.05, 3.63) is 18.0 Å². The van der Waals surface area contributed by atoms with E-state index >= 15 is 0 Å². The number of fused-ring (bicyclic) bond motifs is 1. The molecule has 3 rings (SSSR count). The van der Waals surface area contributed by atoms with E-state index in [9.17, 15) is 12.3 Å². The first kappa shape index (κ1) is 13.4. The smallest absolute Gasteiger partial charge is 0.333 e. The van der Waals surface area contributed by atoms with Crippen molar-refractivity contribution in [2.75, 3.05) is 13.2 Å². The largest absolute Gasteiger partial charge is 0.381 e. The van der Waals surface area contributed by atoms with Gasteiger partial charge in [-0.1, -0.05) is 0 Å². The molecule has 0 N–H and O–H groups in total. The predicted octanol–water partition coefficient (Wildman–Crippen LogP) is 1.75. The number of rotatable bonds is 2. The van der Waals surface area contributed by atoms with Crippen molar-refractivity contribution in [1.29, 1.82) is 0 Å². The van der Waals surface area contributed by atoms with E-state index in [1.54, 1.807) is 11.6 Å². The van der Waals surface area contributed by atoms with Gasteiger partial charge in [-0.25, -0.2) is 9.67 Å². The van der Waals surface area contributed by atoms with Gasteiger partial charge in [0.2, 0.25) is 0 Å². The number of hydrogen-bond acceptors (Lipinski definition) is 5. The van der Waals surface area contributed by atoms with E-state index in [4.69, 9.17) is 4.74 Å². The predicted molar refractivity (Wildman–Crippen MR) is 69.6 cm³/mol. The molecule has 0 saturated carbocycles. The minimum atomic E-state index is -4.75. The fourth-order valence-corrected chi connectivity index (χ4v) is 2.90.